The average molecular weight is 280 g/mol. The molecule has 2 aromatic carbocycles. The summed E-state index contributed by atoms with van der Waals surface area (Å²) in [6, 6.07) is 11.8. The van der Waals surface area contributed by atoms with Crippen molar-refractivity contribution in [2.24, 2.45) is 0 Å². The largest absolute Gasteiger partial charge is 0.285 e. The second-order valence-corrected chi connectivity index (χ2v) is 5.13. The molecule has 0 amide bonds. The number of carbonyl (C=O) groups is 3. The van der Waals surface area contributed by atoms with E-state index in [-0.39, 0.29) is 5.56 Å². The third-order valence-electron chi connectivity index (χ3n) is 3.35. The van der Waals surface area contributed by atoms with Crippen LogP contribution in [0.4, 0.5) is 0 Å². The number of carbonyl (C=O) groups excluding carboxylic acids is 3. The summed E-state index contributed by atoms with van der Waals surface area (Å²) in [6.07, 6.45) is 0. The SMILES string of the molecule is Cc1cc(C)c(C(=O)C(=O)C(=O)c2ccccc2)c(C)c1. The van der Waals surface area contributed by atoms with Gasteiger partial charge >= 0.3 is 0 Å². The molecule has 0 saturated heterocycles. The second kappa shape index (κ2) is 5.83. The predicted molar refractivity (Wildman–Crippen MR) is 80.8 cm³/mol. The molecule has 0 radical (unpaired) electrons. The molecular weight excluding hydrogens is 264 g/mol. The van der Waals surface area contributed by atoms with Crippen LogP contribution in [-0.2, 0) is 4.79 Å². The first kappa shape index (κ1) is 14.9. The zero-order valence-electron chi connectivity index (χ0n) is 12.3. The minimum Gasteiger partial charge on any atom is -0.285 e. The van der Waals surface area contributed by atoms with Gasteiger partial charge in [0.1, 0.15) is 0 Å². The van der Waals surface area contributed by atoms with Crippen LogP contribution in [0.15, 0.2) is 42.5 Å². The Morgan fingerprint density at radius 2 is 1.29 bits per heavy atom. The molecule has 21 heavy (non-hydrogen) atoms. The standard InChI is InChI=1S/C18H16O3/c1-11-9-12(2)15(13(3)10-11)17(20)18(21)16(19)14-7-5-4-6-8-14/h4-10H,1-3H3. The van der Waals surface area contributed by atoms with Crippen LogP contribution in [0.2, 0.25) is 0 Å². The van der Waals surface area contributed by atoms with Crippen molar-refractivity contribution in [3.05, 3.63) is 70.3 Å². The van der Waals surface area contributed by atoms with Gasteiger partial charge in [-0.15, -0.1) is 0 Å². The normalized spacial score (nSPS) is 10.2. The molecule has 106 valence electrons. The number of benzene rings is 2. The van der Waals surface area contributed by atoms with Gasteiger partial charge in [0.25, 0.3) is 5.78 Å². The van der Waals surface area contributed by atoms with Crippen molar-refractivity contribution in [1.29, 1.82) is 0 Å². The molecule has 0 saturated carbocycles. The van der Waals surface area contributed by atoms with Crippen molar-refractivity contribution >= 4 is 17.3 Å². The Bertz CT molecular complexity index is 704. The molecule has 0 unspecified atom stereocenters. The van der Waals surface area contributed by atoms with Crippen LogP contribution in [0.25, 0.3) is 0 Å². The van der Waals surface area contributed by atoms with Crippen molar-refractivity contribution in [2.75, 3.05) is 0 Å². The van der Waals surface area contributed by atoms with Gasteiger partial charge in [-0.25, -0.2) is 0 Å². The van der Waals surface area contributed by atoms with Crippen LogP contribution >= 0.6 is 0 Å². The average Bonchev–Trinajstić information content (AvgIpc) is 2.45. The highest BCUT2D eigenvalue weighted by Crippen LogP contribution is 2.18. The number of rotatable bonds is 4. The van der Waals surface area contributed by atoms with Crippen molar-refractivity contribution in [3.63, 3.8) is 0 Å². The minimum atomic E-state index is -0.990. The monoisotopic (exact) mass is 280 g/mol. The lowest BCUT2D eigenvalue weighted by Crippen LogP contribution is -2.25. The molecule has 0 aliphatic heterocycles. The lowest BCUT2D eigenvalue weighted by Gasteiger charge is -2.09. The van der Waals surface area contributed by atoms with E-state index in [4.69, 9.17) is 0 Å². The molecule has 0 N–H and O–H groups in total. The highest BCUT2D eigenvalue weighted by atomic mass is 16.2. The summed E-state index contributed by atoms with van der Waals surface area (Å²) in [4.78, 5) is 36.6. The molecule has 0 spiro atoms. The molecule has 2 aromatic rings. The Morgan fingerprint density at radius 1 is 0.762 bits per heavy atom. The maximum absolute atomic E-state index is 12.3. The Morgan fingerprint density at radius 3 is 1.81 bits per heavy atom. The highest BCUT2D eigenvalue weighted by molar-refractivity contribution is 6.70. The first-order valence-corrected chi connectivity index (χ1v) is 6.68. The summed E-state index contributed by atoms with van der Waals surface area (Å²) in [5.74, 6) is -2.49. The molecule has 0 heterocycles. The van der Waals surface area contributed by atoms with Gasteiger partial charge in [0, 0.05) is 11.1 Å². The van der Waals surface area contributed by atoms with E-state index in [0.29, 0.717) is 16.7 Å². The number of Topliss-reactive ketones (excluding diaryl/α,β-unsaturated/α-hetero) is 3. The molecule has 3 nitrogen and oxygen atoms in total. The zero-order chi connectivity index (χ0) is 15.6. The summed E-state index contributed by atoms with van der Waals surface area (Å²) in [5, 5.41) is 0. The van der Waals surface area contributed by atoms with Crippen molar-refractivity contribution < 1.29 is 14.4 Å². The van der Waals surface area contributed by atoms with E-state index in [1.807, 2.05) is 19.1 Å². The van der Waals surface area contributed by atoms with Crippen LogP contribution in [0.3, 0.4) is 0 Å². The van der Waals surface area contributed by atoms with E-state index in [1.165, 1.54) is 12.1 Å². The van der Waals surface area contributed by atoms with Crippen LogP contribution in [0.1, 0.15) is 37.4 Å². The summed E-state index contributed by atoms with van der Waals surface area (Å²) < 4.78 is 0. The van der Waals surface area contributed by atoms with E-state index in [9.17, 15) is 14.4 Å². The number of hydrogen-bond acceptors (Lipinski definition) is 3. The van der Waals surface area contributed by atoms with Gasteiger partial charge in [-0.2, -0.15) is 0 Å². The Hall–Kier alpha value is -2.55. The highest BCUT2D eigenvalue weighted by Gasteiger charge is 2.27. The van der Waals surface area contributed by atoms with Gasteiger partial charge in [-0.3, -0.25) is 14.4 Å². The summed E-state index contributed by atoms with van der Waals surface area (Å²) in [7, 11) is 0. The third kappa shape index (κ3) is 2.97. The lowest BCUT2D eigenvalue weighted by atomic mass is 9.92. The molecule has 3 heteroatoms. The Labute approximate surface area is 123 Å². The van der Waals surface area contributed by atoms with Gasteiger partial charge in [0.05, 0.1) is 0 Å². The van der Waals surface area contributed by atoms with Crippen LogP contribution in [0, 0.1) is 20.8 Å². The van der Waals surface area contributed by atoms with Crippen LogP contribution < -0.4 is 0 Å². The van der Waals surface area contributed by atoms with Crippen molar-refractivity contribution in [2.45, 2.75) is 20.8 Å². The molecule has 0 aromatic heterocycles. The second-order valence-electron chi connectivity index (χ2n) is 5.13. The maximum atomic E-state index is 12.3. The van der Waals surface area contributed by atoms with Gasteiger partial charge in [0.2, 0.25) is 11.6 Å². The van der Waals surface area contributed by atoms with E-state index >= 15 is 0 Å². The quantitative estimate of drug-likeness (QED) is 0.491. The Kier molecular flexibility index (Phi) is 4.13. The molecule has 2 rings (SSSR count). The summed E-state index contributed by atoms with van der Waals surface area (Å²) in [5.41, 5.74) is 3.01. The van der Waals surface area contributed by atoms with Gasteiger partial charge in [-0.1, -0.05) is 48.0 Å². The summed E-state index contributed by atoms with van der Waals surface area (Å²) >= 11 is 0. The maximum Gasteiger partial charge on any atom is 0.273 e. The minimum absolute atomic E-state index is 0.235. The molecule has 0 fully saturated rings. The van der Waals surface area contributed by atoms with Crippen molar-refractivity contribution in [1.82, 2.24) is 0 Å². The van der Waals surface area contributed by atoms with Crippen molar-refractivity contribution in [3.8, 4) is 0 Å². The predicted octanol–water partition coefficient (Wildman–Crippen LogP) is 3.25. The molecule has 0 aliphatic carbocycles. The molecule has 0 atom stereocenters. The van der Waals surface area contributed by atoms with E-state index < -0.39 is 17.3 Å². The first-order chi connectivity index (χ1) is 9.91. The number of ketones is 3. The van der Waals surface area contributed by atoms with Gasteiger partial charge in [0.15, 0.2) is 0 Å². The third-order valence-corrected chi connectivity index (χ3v) is 3.35. The van der Waals surface area contributed by atoms with E-state index in [0.717, 1.165) is 5.56 Å². The van der Waals surface area contributed by atoms with Crippen LogP contribution in [0.5, 0.6) is 0 Å². The van der Waals surface area contributed by atoms with E-state index in [2.05, 4.69) is 0 Å². The number of aryl methyl sites for hydroxylation is 3. The number of hydrogen-bond donors (Lipinski definition) is 0. The fourth-order valence-corrected chi connectivity index (χ4v) is 2.48. The zero-order valence-corrected chi connectivity index (χ0v) is 12.3. The van der Waals surface area contributed by atoms with Crippen LogP contribution in [-0.4, -0.2) is 17.3 Å². The first-order valence-electron chi connectivity index (χ1n) is 6.68. The Balaban J connectivity index is 2.37. The lowest BCUT2D eigenvalue weighted by molar-refractivity contribution is -0.111. The van der Waals surface area contributed by atoms with E-state index in [1.54, 1.807) is 32.0 Å². The fraction of sp³-hybridized carbons (Fsp3) is 0.167. The molecule has 0 bridgehead atoms. The molecular formula is C18H16O3. The molecule has 0 aliphatic rings. The smallest absolute Gasteiger partial charge is 0.273 e. The topological polar surface area (TPSA) is 51.2 Å². The van der Waals surface area contributed by atoms with Gasteiger partial charge < -0.3 is 0 Å². The fourth-order valence-electron chi connectivity index (χ4n) is 2.48. The summed E-state index contributed by atoms with van der Waals surface area (Å²) in [6.45, 7) is 5.46. The van der Waals surface area contributed by atoms with Gasteiger partial charge in [-0.05, 0) is 31.9 Å².